The van der Waals surface area contributed by atoms with Crippen molar-refractivity contribution in [3.63, 3.8) is 0 Å². The number of thioether (sulfide) groups is 1. The summed E-state index contributed by atoms with van der Waals surface area (Å²) in [6, 6.07) is 12.0. The lowest BCUT2D eigenvalue weighted by molar-refractivity contribution is -0.120. The highest BCUT2D eigenvalue weighted by molar-refractivity contribution is 7.98. The van der Waals surface area contributed by atoms with Gasteiger partial charge in [-0.05, 0) is 41.6 Å². The van der Waals surface area contributed by atoms with Crippen LogP contribution < -0.4 is 5.32 Å². The van der Waals surface area contributed by atoms with Gasteiger partial charge in [0.25, 0.3) is 0 Å². The van der Waals surface area contributed by atoms with E-state index < -0.39 is 23.6 Å². The summed E-state index contributed by atoms with van der Waals surface area (Å²) in [7, 11) is 0. The first-order chi connectivity index (χ1) is 11.0. The summed E-state index contributed by atoms with van der Waals surface area (Å²) in [5.74, 6) is -2.41. The van der Waals surface area contributed by atoms with Gasteiger partial charge in [0.2, 0.25) is 5.91 Å². The number of nitrogens with zero attached hydrogens (tertiary/aromatic N) is 1. The number of rotatable bonds is 5. The van der Waals surface area contributed by atoms with Crippen molar-refractivity contribution in [3.8, 4) is 6.07 Å². The number of nitriles is 1. The van der Waals surface area contributed by atoms with E-state index in [1.54, 1.807) is 12.1 Å². The maximum atomic E-state index is 13.5. The molecule has 2 rings (SSSR count). The van der Waals surface area contributed by atoms with Crippen LogP contribution in [0.1, 0.15) is 23.6 Å². The lowest BCUT2D eigenvalue weighted by atomic mass is 9.98. The van der Waals surface area contributed by atoms with Gasteiger partial charge in [-0.3, -0.25) is 4.79 Å². The van der Waals surface area contributed by atoms with Crippen LogP contribution in [0, 0.1) is 23.0 Å². The molecule has 23 heavy (non-hydrogen) atoms. The smallest absolute Gasteiger partial charge is 0.234 e. The predicted molar refractivity (Wildman–Crippen MR) is 84.8 cm³/mol. The molecule has 6 heteroatoms. The summed E-state index contributed by atoms with van der Waals surface area (Å²) in [4.78, 5) is 12.8. The number of halogens is 2. The fraction of sp³-hybridized carbons (Fsp3) is 0.176. The number of benzene rings is 2. The van der Waals surface area contributed by atoms with Crippen LogP contribution in [0.3, 0.4) is 0 Å². The molecule has 0 spiro atoms. The molecule has 0 aliphatic heterocycles. The summed E-state index contributed by atoms with van der Waals surface area (Å²) in [5.41, 5.74) is 1.14. The molecular formula is C17H14F2N2OS. The summed E-state index contributed by atoms with van der Waals surface area (Å²) in [6.45, 7) is 0. The van der Waals surface area contributed by atoms with E-state index in [9.17, 15) is 13.6 Å². The minimum atomic E-state index is -0.983. The third-order valence-electron chi connectivity index (χ3n) is 3.25. The van der Waals surface area contributed by atoms with Crippen molar-refractivity contribution in [2.75, 3.05) is 6.26 Å². The molecule has 1 atom stereocenters. The van der Waals surface area contributed by atoms with E-state index in [1.807, 2.05) is 24.5 Å². The van der Waals surface area contributed by atoms with Crippen LogP contribution in [0.2, 0.25) is 0 Å². The van der Waals surface area contributed by atoms with Crippen LogP contribution in [-0.2, 0) is 4.79 Å². The van der Waals surface area contributed by atoms with Gasteiger partial charge in [-0.25, -0.2) is 8.78 Å². The molecule has 0 saturated carbocycles. The third kappa shape index (κ3) is 4.30. The van der Waals surface area contributed by atoms with E-state index in [1.165, 1.54) is 17.8 Å². The van der Waals surface area contributed by atoms with Gasteiger partial charge < -0.3 is 5.32 Å². The fourth-order valence-electron chi connectivity index (χ4n) is 2.16. The Balaban J connectivity index is 2.43. The van der Waals surface area contributed by atoms with Crippen LogP contribution in [0.5, 0.6) is 0 Å². The van der Waals surface area contributed by atoms with Crippen molar-refractivity contribution in [1.29, 1.82) is 5.26 Å². The Morgan fingerprint density at radius 3 is 2.61 bits per heavy atom. The van der Waals surface area contributed by atoms with Crippen LogP contribution in [0.4, 0.5) is 8.78 Å². The maximum absolute atomic E-state index is 13.5. The number of carbonyl (C=O) groups excluding carboxylic acids is 1. The SMILES string of the molecule is CSc1cccc(C(NC(=O)CC#N)c2ccc(F)c(F)c2)c1. The average Bonchev–Trinajstić information content (AvgIpc) is 2.55. The molecular weight excluding hydrogens is 318 g/mol. The van der Waals surface area contributed by atoms with Crippen LogP contribution in [0.15, 0.2) is 47.4 Å². The van der Waals surface area contributed by atoms with Gasteiger partial charge >= 0.3 is 0 Å². The molecule has 2 aromatic rings. The zero-order valence-corrected chi connectivity index (χ0v) is 13.2. The number of hydrogen-bond donors (Lipinski definition) is 1. The first-order valence-electron chi connectivity index (χ1n) is 6.80. The molecule has 0 saturated heterocycles. The minimum Gasteiger partial charge on any atom is -0.344 e. The highest BCUT2D eigenvalue weighted by Crippen LogP contribution is 2.27. The second-order valence-corrected chi connectivity index (χ2v) is 5.67. The molecule has 0 aromatic heterocycles. The second kappa shape index (κ2) is 7.75. The second-order valence-electron chi connectivity index (χ2n) is 4.79. The topological polar surface area (TPSA) is 52.9 Å². The number of hydrogen-bond acceptors (Lipinski definition) is 3. The van der Waals surface area contributed by atoms with Gasteiger partial charge in [-0.15, -0.1) is 11.8 Å². The van der Waals surface area contributed by atoms with Gasteiger partial charge in [0.05, 0.1) is 12.1 Å². The molecule has 3 nitrogen and oxygen atoms in total. The third-order valence-corrected chi connectivity index (χ3v) is 3.97. The molecule has 0 radical (unpaired) electrons. The predicted octanol–water partition coefficient (Wildman–Crippen LogP) is 3.81. The van der Waals surface area contributed by atoms with Crippen LogP contribution in [-0.4, -0.2) is 12.2 Å². The normalized spacial score (nSPS) is 11.6. The van der Waals surface area contributed by atoms with Crippen molar-refractivity contribution >= 4 is 17.7 Å². The Kier molecular flexibility index (Phi) is 5.72. The summed E-state index contributed by atoms with van der Waals surface area (Å²) < 4.78 is 26.7. The Labute approximate surface area is 137 Å². The van der Waals surface area contributed by atoms with E-state index >= 15 is 0 Å². The lowest BCUT2D eigenvalue weighted by Crippen LogP contribution is -2.29. The van der Waals surface area contributed by atoms with E-state index in [-0.39, 0.29) is 6.42 Å². The van der Waals surface area contributed by atoms with Crippen LogP contribution in [0.25, 0.3) is 0 Å². The van der Waals surface area contributed by atoms with Gasteiger partial charge in [-0.2, -0.15) is 5.26 Å². The Morgan fingerprint density at radius 2 is 1.96 bits per heavy atom. The first-order valence-corrected chi connectivity index (χ1v) is 8.03. The quantitative estimate of drug-likeness (QED) is 0.847. The number of carbonyl (C=O) groups is 1. The molecule has 2 aromatic carbocycles. The molecule has 0 bridgehead atoms. The molecule has 1 unspecified atom stereocenters. The first kappa shape index (κ1) is 17.0. The monoisotopic (exact) mass is 332 g/mol. The van der Waals surface area contributed by atoms with Gasteiger partial charge in [0, 0.05) is 4.90 Å². The van der Waals surface area contributed by atoms with Gasteiger partial charge in [0.1, 0.15) is 6.42 Å². The van der Waals surface area contributed by atoms with E-state index in [2.05, 4.69) is 5.32 Å². The fourth-order valence-corrected chi connectivity index (χ4v) is 2.62. The van der Waals surface area contributed by atoms with E-state index in [4.69, 9.17) is 5.26 Å². The van der Waals surface area contributed by atoms with Crippen molar-refractivity contribution in [2.24, 2.45) is 0 Å². The standard InChI is InChI=1S/C17H14F2N2OS/c1-23-13-4-2-3-11(9-13)17(21-16(22)7-8-20)12-5-6-14(18)15(19)10-12/h2-6,9-10,17H,7H2,1H3,(H,21,22). The number of amides is 1. The maximum Gasteiger partial charge on any atom is 0.234 e. The zero-order chi connectivity index (χ0) is 16.8. The lowest BCUT2D eigenvalue weighted by Gasteiger charge is -2.20. The van der Waals surface area contributed by atoms with Crippen molar-refractivity contribution in [3.05, 3.63) is 65.2 Å². The Hall–Kier alpha value is -2.39. The summed E-state index contributed by atoms with van der Waals surface area (Å²) >= 11 is 1.53. The Bertz CT molecular complexity index is 758. The van der Waals surface area contributed by atoms with Crippen molar-refractivity contribution in [2.45, 2.75) is 17.4 Å². The molecule has 1 amide bonds. The van der Waals surface area contributed by atoms with E-state index in [0.29, 0.717) is 5.56 Å². The van der Waals surface area contributed by atoms with Gasteiger partial charge in [0.15, 0.2) is 11.6 Å². The highest BCUT2D eigenvalue weighted by Gasteiger charge is 2.18. The molecule has 1 N–H and O–H groups in total. The number of nitrogens with one attached hydrogen (secondary N) is 1. The molecule has 0 aliphatic carbocycles. The summed E-state index contributed by atoms with van der Waals surface area (Å²) in [6.07, 6.45) is 1.61. The average molecular weight is 332 g/mol. The van der Waals surface area contributed by atoms with Gasteiger partial charge in [-0.1, -0.05) is 18.2 Å². The molecule has 0 aliphatic rings. The molecule has 118 valence electrons. The Morgan fingerprint density at radius 1 is 1.22 bits per heavy atom. The van der Waals surface area contributed by atoms with Crippen LogP contribution >= 0.6 is 11.8 Å². The van der Waals surface area contributed by atoms with Crippen molar-refractivity contribution in [1.82, 2.24) is 5.32 Å². The minimum absolute atomic E-state index is 0.303. The largest absolute Gasteiger partial charge is 0.344 e. The van der Waals surface area contributed by atoms with E-state index in [0.717, 1.165) is 22.6 Å². The highest BCUT2D eigenvalue weighted by atomic mass is 32.2. The molecule has 0 heterocycles. The summed E-state index contributed by atoms with van der Waals surface area (Å²) in [5, 5.41) is 11.3. The molecule has 0 fully saturated rings. The zero-order valence-electron chi connectivity index (χ0n) is 12.3. The van der Waals surface area contributed by atoms with Crippen molar-refractivity contribution < 1.29 is 13.6 Å².